The van der Waals surface area contributed by atoms with E-state index in [0.29, 0.717) is 53.4 Å². The second kappa shape index (κ2) is 9.20. The van der Waals surface area contributed by atoms with Gasteiger partial charge in [0.25, 0.3) is 0 Å². The quantitative estimate of drug-likeness (QED) is 0.583. The van der Waals surface area contributed by atoms with Crippen molar-refractivity contribution in [1.29, 1.82) is 0 Å². The lowest BCUT2D eigenvalue weighted by Gasteiger charge is -2.36. The fourth-order valence-corrected chi connectivity index (χ4v) is 3.94. The number of aromatic amines is 1. The van der Waals surface area contributed by atoms with E-state index in [1.165, 1.54) is 0 Å². The molecule has 0 spiro atoms. The number of nitrogens with one attached hydrogen (secondary N) is 2. The molecule has 0 bridgehead atoms. The monoisotopic (exact) mass is 446 g/mol. The van der Waals surface area contributed by atoms with Gasteiger partial charge in [0.2, 0.25) is 5.95 Å². The maximum absolute atomic E-state index is 7.65. The van der Waals surface area contributed by atoms with Crippen molar-refractivity contribution in [3.8, 4) is 11.3 Å². The van der Waals surface area contributed by atoms with Crippen LogP contribution in [0.3, 0.4) is 0 Å². The molecule has 1 fully saturated rings. The first-order valence-electron chi connectivity index (χ1n) is 13.2. The summed E-state index contributed by atoms with van der Waals surface area (Å²) in [5.41, 5.74) is 3.13. The number of nitrogens with zero attached hydrogens (tertiary/aromatic N) is 6. The van der Waals surface area contributed by atoms with E-state index in [1.54, 1.807) is 24.5 Å². The fourth-order valence-electron chi connectivity index (χ4n) is 3.70. The normalized spacial score (nSPS) is 18.8. The van der Waals surface area contributed by atoms with E-state index in [-0.39, 0.29) is 5.92 Å². The fraction of sp³-hybridized carbons (Fsp3) is 0.455. The molecule has 0 atom stereocenters. The summed E-state index contributed by atoms with van der Waals surface area (Å²) < 4.78 is 45.9. The van der Waals surface area contributed by atoms with Gasteiger partial charge in [-0.3, -0.25) is 5.10 Å². The summed E-state index contributed by atoms with van der Waals surface area (Å²) in [5, 5.41) is 10.5. The zero-order valence-corrected chi connectivity index (χ0v) is 18.2. The van der Waals surface area contributed by atoms with Crippen molar-refractivity contribution in [3.63, 3.8) is 0 Å². The lowest BCUT2D eigenvalue weighted by molar-refractivity contribution is 0.249. The second-order valence-electron chi connectivity index (χ2n) is 7.84. The van der Waals surface area contributed by atoms with Crippen LogP contribution in [-0.2, 0) is 0 Å². The van der Waals surface area contributed by atoms with Crippen LogP contribution in [0.2, 0.25) is 5.15 Å². The minimum atomic E-state index is -2.67. The Labute approximate surface area is 196 Å². The predicted molar refractivity (Wildman–Crippen MR) is 125 cm³/mol. The Morgan fingerprint density at radius 1 is 1.23 bits per heavy atom. The lowest BCUT2D eigenvalue weighted by atomic mass is 10.0. The third kappa shape index (κ3) is 4.80. The van der Waals surface area contributed by atoms with E-state index < -0.39 is 20.0 Å². The molecule has 0 unspecified atom stereocenters. The number of aromatic nitrogens is 5. The Morgan fingerprint density at radius 3 is 2.71 bits per heavy atom. The minimum absolute atomic E-state index is 0.186. The van der Waals surface area contributed by atoms with Gasteiger partial charge in [-0.15, -0.1) is 0 Å². The Hall–Kier alpha value is -2.71. The summed E-state index contributed by atoms with van der Waals surface area (Å²) >= 11 is 6.30. The van der Waals surface area contributed by atoms with Gasteiger partial charge in [-0.05, 0) is 50.9 Å². The Kier molecular flexibility index (Phi) is 4.49. The predicted octanol–water partition coefficient (Wildman–Crippen LogP) is 4.31. The van der Waals surface area contributed by atoms with Crippen molar-refractivity contribution in [2.24, 2.45) is 0 Å². The summed E-state index contributed by atoms with van der Waals surface area (Å²) in [6.45, 7) is -0.221. The summed E-state index contributed by atoms with van der Waals surface area (Å²) in [6.07, 6.45) is 4.19. The van der Waals surface area contributed by atoms with E-state index >= 15 is 0 Å². The summed E-state index contributed by atoms with van der Waals surface area (Å²) in [7, 11) is 0. The van der Waals surface area contributed by atoms with Crippen molar-refractivity contribution < 1.29 is 8.22 Å². The zero-order valence-electron chi connectivity index (χ0n) is 23.4. The Bertz CT molecular complexity index is 1190. The first-order chi connectivity index (χ1) is 17.3. The van der Waals surface area contributed by atoms with Crippen LogP contribution in [0.1, 0.15) is 46.5 Å². The number of piperidine rings is 1. The number of halogens is 1. The van der Waals surface area contributed by atoms with Crippen LogP contribution >= 0.6 is 11.6 Å². The molecular formula is C22H29ClN8. The maximum atomic E-state index is 7.65. The highest BCUT2D eigenvalue weighted by Gasteiger charge is 2.21. The molecule has 8 nitrogen and oxygen atoms in total. The summed E-state index contributed by atoms with van der Waals surface area (Å²) in [5.74, 6) is 1.10. The Balaban J connectivity index is 1.42. The van der Waals surface area contributed by atoms with Gasteiger partial charge in [-0.1, -0.05) is 25.4 Å². The molecule has 31 heavy (non-hydrogen) atoms. The molecular weight excluding hydrogens is 412 g/mol. The average molecular weight is 447 g/mol. The van der Waals surface area contributed by atoms with E-state index in [2.05, 4.69) is 35.4 Å². The third-order valence-corrected chi connectivity index (χ3v) is 5.70. The molecule has 1 saturated heterocycles. The Morgan fingerprint density at radius 2 is 2.03 bits per heavy atom. The third-order valence-electron chi connectivity index (χ3n) is 5.42. The number of H-pyrrole nitrogens is 1. The van der Waals surface area contributed by atoms with Crippen molar-refractivity contribution in [3.05, 3.63) is 41.4 Å². The van der Waals surface area contributed by atoms with Crippen LogP contribution < -0.4 is 10.2 Å². The molecule has 0 saturated carbocycles. The van der Waals surface area contributed by atoms with Crippen LogP contribution in [0.5, 0.6) is 0 Å². The summed E-state index contributed by atoms with van der Waals surface area (Å²) in [4.78, 5) is 16.1. The zero-order chi connectivity index (χ0) is 27.0. The number of pyridine rings is 1. The first-order valence-corrected chi connectivity index (χ1v) is 10.6. The van der Waals surface area contributed by atoms with Crippen molar-refractivity contribution in [2.75, 3.05) is 37.3 Å². The van der Waals surface area contributed by atoms with Gasteiger partial charge < -0.3 is 15.1 Å². The lowest BCUT2D eigenvalue weighted by Crippen LogP contribution is -2.42. The number of hydrogen-bond donors (Lipinski definition) is 2. The number of rotatable bonds is 6. The minimum Gasteiger partial charge on any atom is -0.370 e. The highest BCUT2D eigenvalue weighted by molar-refractivity contribution is 6.32. The number of anilines is 3. The standard InChI is InChI=1S/C22H29ClN8/c1-14(2)20-19(21(23)29-28-20)17-7-10-24-22(26-17)27-18-6-5-16(13-25-18)31-11-8-15(9-12-31)30(3)4/h5-7,10,13-15H,8-9,11-12H2,1-4H3,(H,28,29)(H,24,25,26,27)/i3D3,4D3. The molecule has 3 aromatic rings. The van der Waals surface area contributed by atoms with Gasteiger partial charge in [0.1, 0.15) is 5.82 Å². The average Bonchev–Trinajstić information content (AvgIpc) is 3.20. The van der Waals surface area contributed by atoms with Gasteiger partial charge in [-0.2, -0.15) is 5.10 Å². The largest absolute Gasteiger partial charge is 0.370 e. The van der Waals surface area contributed by atoms with Gasteiger partial charge >= 0.3 is 0 Å². The smallest absolute Gasteiger partial charge is 0.228 e. The van der Waals surface area contributed by atoms with E-state index in [4.69, 9.17) is 19.8 Å². The molecule has 164 valence electrons. The van der Waals surface area contributed by atoms with Crippen LogP contribution in [0.4, 0.5) is 17.5 Å². The first kappa shape index (κ1) is 15.2. The highest BCUT2D eigenvalue weighted by Crippen LogP contribution is 2.32. The van der Waals surface area contributed by atoms with E-state index in [1.807, 2.05) is 19.9 Å². The van der Waals surface area contributed by atoms with Crippen molar-refractivity contribution in [2.45, 2.75) is 38.6 Å². The van der Waals surface area contributed by atoms with Crippen LogP contribution in [0.15, 0.2) is 30.6 Å². The van der Waals surface area contributed by atoms with Crippen LogP contribution in [0, 0.1) is 0 Å². The molecule has 9 heteroatoms. The topological polar surface area (TPSA) is 85.9 Å². The molecule has 0 amide bonds. The molecule has 0 radical (unpaired) electrons. The molecule has 4 heterocycles. The van der Waals surface area contributed by atoms with Crippen LogP contribution in [-0.4, -0.2) is 63.1 Å². The van der Waals surface area contributed by atoms with Gasteiger partial charge in [-0.25, -0.2) is 15.0 Å². The molecule has 2 N–H and O–H groups in total. The highest BCUT2D eigenvalue weighted by atomic mass is 35.5. The molecule has 0 aliphatic carbocycles. The van der Waals surface area contributed by atoms with Gasteiger partial charge in [0.15, 0.2) is 5.15 Å². The second-order valence-corrected chi connectivity index (χ2v) is 8.20. The van der Waals surface area contributed by atoms with Gasteiger partial charge in [0.05, 0.1) is 23.1 Å². The van der Waals surface area contributed by atoms with Crippen LogP contribution in [0.25, 0.3) is 11.3 Å². The SMILES string of the molecule is [2H]C([2H])([2H])N(C1CCN(c2ccc(Nc3nccc(-c4c(Cl)n[nH]c4C(C)C)n3)nc2)CC1)C([2H])([2H])[2H]. The van der Waals surface area contributed by atoms with E-state index in [0.717, 1.165) is 16.9 Å². The number of hydrogen-bond acceptors (Lipinski definition) is 7. The van der Waals surface area contributed by atoms with Crippen molar-refractivity contribution in [1.82, 2.24) is 30.0 Å². The molecule has 3 aromatic heterocycles. The molecule has 0 aromatic carbocycles. The molecule has 1 aliphatic heterocycles. The van der Waals surface area contributed by atoms with E-state index in [9.17, 15) is 0 Å². The van der Waals surface area contributed by atoms with Crippen molar-refractivity contribution >= 4 is 29.1 Å². The maximum Gasteiger partial charge on any atom is 0.228 e. The summed E-state index contributed by atoms with van der Waals surface area (Å²) in [6, 6.07) is 4.93. The molecule has 4 rings (SSSR count). The molecule has 1 aliphatic rings. The van der Waals surface area contributed by atoms with Gasteiger partial charge in [0, 0.05) is 39.2 Å².